The minimum Gasteiger partial charge on any atom is -0.379 e. The van der Waals surface area contributed by atoms with Crippen molar-refractivity contribution in [3.05, 3.63) is 46.3 Å². The Morgan fingerprint density at radius 3 is 2.76 bits per heavy atom. The average Bonchev–Trinajstić information content (AvgIpc) is 3.04. The van der Waals surface area contributed by atoms with E-state index in [1.165, 1.54) is 26.4 Å². The molecule has 0 radical (unpaired) electrons. The normalized spacial score (nSPS) is 16.9. The first kappa shape index (κ1) is 18.5. The second-order valence-electron chi connectivity index (χ2n) is 6.71. The van der Waals surface area contributed by atoms with Gasteiger partial charge in [-0.25, -0.2) is 0 Å². The third-order valence-electron chi connectivity index (χ3n) is 4.62. The van der Waals surface area contributed by atoms with E-state index in [1.54, 1.807) is 11.3 Å². The van der Waals surface area contributed by atoms with Gasteiger partial charge in [0, 0.05) is 42.4 Å². The molecule has 1 aliphatic rings. The monoisotopic (exact) mass is 360 g/mol. The molecule has 0 spiro atoms. The topological polar surface area (TPSA) is 44.7 Å². The van der Waals surface area contributed by atoms with Gasteiger partial charge in [-0.05, 0) is 37.1 Å². The van der Waals surface area contributed by atoms with Crippen molar-refractivity contribution in [1.82, 2.24) is 10.2 Å². The van der Waals surface area contributed by atoms with Crippen LogP contribution in [0.5, 0.6) is 0 Å². The molecule has 0 saturated carbocycles. The van der Waals surface area contributed by atoms with Gasteiger partial charge in [0.15, 0.2) is 0 Å². The van der Waals surface area contributed by atoms with Gasteiger partial charge in [0.2, 0.25) is 0 Å². The summed E-state index contributed by atoms with van der Waals surface area (Å²) in [6.45, 7) is 9.65. The molecule has 5 heteroatoms. The first-order chi connectivity index (χ1) is 12.1. The van der Waals surface area contributed by atoms with E-state index in [-0.39, 0.29) is 0 Å². The van der Waals surface area contributed by atoms with Gasteiger partial charge in [-0.2, -0.15) is 0 Å². The molecule has 0 bridgehead atoms. The van der Waals surface area contributed by atoms with Gasteiger partial charge in [0.1, 0.15) is 6.23 Å². The molecule has 0 aliphatic carbocycles. The number of aliphatic hydroxyl groups excluding tert-OH is 1. The predicted octanol–water partition coefficient (Wildman–Crippen LogP) is 2.81. The molecular weight excluding hydrogens is 332 g/mol. The minimum atomic E-state index is -0.494. The number of thiophene rings is 1. The number of aryl methyl sites for hydroxylation is 2. The van der Waals surface area contributed by atoms with Crippen molar-refractivity contribution < 1.29 is 9.84 Å². The maximum Gasteiger partial charge on any atom is 0.109 e. The summed E-state index contributed by atoms with van der Waals surface area (Å²) >= 11 is 1.77. The molecule has 1 fully saturated rings. The Morgan fingerprint density at radius 2 is 2.00 bits per heavy atom. The smallest absolute Gasteiger partial charge is 0.109 e. The van der Waals surface area contributed by atoms with Gasteiger partial charge in [-0.3, -0.25) is 10.2 Å². The largest absolute Gasteiger partial charge is 0.379 e. The van der Waals surface area contributed by atoms with Gasteiger partial charge in [0.05, 0.1) is 13.2 Å². The fraction of sp³-hybridized carbons (Fsp3) is 0.500. The number of aliphatic hydroxyl groups is 1. The van der Waals surface area contributed by atoms with Gasteiger partial charge >= 0.3 is 0 Å². The lowest BCUT2D eigenvalue weighted by Crippen LogP contribution is -2.42. The molecule has 25 heavy (non-hydrogen) atoms. The highest BCUT2D eigenvalue weighted by atomic mass is 32.1. The van der Waals surface area contributed by atoms with E-state index in [9.17, 15) is 5.11 Å². The van der Waals surface area contributed by atoms with E-state index < -0.39 is 6.23 Å². The second kappa shape index (κ2) is 8.92. The molecule has 4 nitrogen and oxygen atoms in total. The number of ether oxygens (including phenoxy) is 1. The molecule has 1 aliphatic heterocycles. The van der Waals surface area contributed by atoms with E-state index in [1.807, 2.05) is 0 Å². The second-order valence-corrected chi connectivity index (χ2v) is 7.88. The SMILES string of the molecule is Cc1ccc(-c2ccc(CC(O)NCCN3CCOCC3)s2)c(C)c1. The van der Waals surface area contributed by atoms with Crippen LogP contribution >= 0.6 is 11.3 Å². The molecule has 1 aromatic heterocycles. The number of hydrogen-bond acceptors (Lipinski definition) is 5. The summed E-state index contributed by atoms with van der Waals surface area (Å²) in [6, 6.07) is 10.9. The summed E-state index contributed by atoms with van der Waals surface area (Å²) in [5.74, 6) is 0. The van der Waals surface area contributed by atoms with E-state index in [0.29, 0.717) is 6.42 Å². The maximum absolute atomic E-state index is 10.3. The van der Waals surface area contributed by atoms with Crippen molar-refractivity contribution in [3.63, 3.8) is 0 Å². The van der Waals surface area contributed by atoms with Crippen molar-refractivity contribution in [2.75, 3.05) is 39.4 Å². The quantitative estimate of drug-likeness (QED) is 0.746. The maximum atomic E-state index is 10.3. The van der Waals surface area contributed by atoms with E-state index in [4.69, 9.17) is 4.74 Å². The molecule has 1 saturated heterocycles. The van der Waals surface area contributed by atoms with Crippen LogP contribution in [0.15, 0.2) is 30.3 Å². The average molecular weight is 361 g/mol. The van der Waals surface area contributed by atoms with Gasteiger partial charge in [-0.15, -0.1) is 11.3 Å². The summed E-state index contributed by atoms with van der Waals surface area (Å²) in [7, 11) is 0. The van der Waals surface area contributed by atoms with Crippen LogP contribution in [0, 0.1) is 13.8 Å². The highest BCUT2D eigenvalue weighted by Gasteiger charge is 2.12. The van der Waals surface area contributed by atoms with Crippen LogP contribution in [0.3, 0.4) is 0 Å². The zero-order chi connectivity index (χ0) is 17.6. The number of hydrogen-bond donors (Lipinski definition) is 2. The molecule has 136 valence electrons. The standard InChI is InChI=1S/C20H28N2O2S/c1-15-3-5-18(16(2)13-15)19-6-4-17(25-19)14-20(23)21-7-8-22-9-11-24-12-10-22/h3-6,13,20-21,23H,7-12,14H2,1-2H3. The highest BCUT2D eigenvalue weighted by Crippen LogP contribution is 2.31. The summed E-state index contributed by atoms with van der Waals surface area (Å²) < 4.78 is 5.35. The first-order valence-corrected chi connectivity index (χ1v) is 9.81. The summed E-state index contributed by atoms with van der Waals surface area (Å²) in [4.78, 5) is 4.85. The summed E-state index contributed by atoms with van der Waals surface area (Å²) in [5.41, 5.74) is 3.88. The molecule has 2 heterocycles. The molecule has 2 N–H and O–H groups in total. The molecular formula is C20H28N2O2S. The van der Waals surface area contributed by atoms with Crippen LogP contribution in [-0.4, -0.2) is 55.6 Å². The van der Waals surface area contributed by atoms with Crippen LogP contribution in [-0.2, 0) is 11.2 Å². The Morgan fingerprint density at radius 1 is 1.20 bits per heavy atom. The molecule has 1 unspecified atom stereocenters. The summed E-state index contributed by atoms with van der Waals surface area (Å²) in [5, 5.41) is 13.5. The molecule has 0 amide bonds. The zero-order valence-corrected chi connectivity index (χ0v) is 15.9. The Bertz CT molecular complexity index is 680. The lowest BCUT2D eigenvalue weighted by molar-refractivity contribution is 0.0357. The lowest BCUT2D eigenvalue weighted by atomic mass is 10.0. The summed E-state index contributed by atoms with van der Waals surface area (Å²) in [6.07, 6.45) is 0.158. The van der Waals surface area contributed by atoms with E-state index >= 15 is 0 Å². The van der Waals surface area contributed by atoms with E-state index in [2.05, 4.69) is 54.4 Å². The van der Waals surface area contributed by atoms with Gasteiger partial charge in [0.25, 0.3) is 0 Å². The Labute approximate surface area is 154 Å². The fourth-order valence-electron chi connectivity index (χ4n) is 3.20. The Kier molecular flexibility index (Phi) is 6.62. The number of morpholine rings is 1. The van der Waals surface area contributed by atoms with Crippen LogP contribution in [0.4, 0.5) is 0 Å². The van der Waals surface area contributed by atoms with Crippen molar-refractivity contribution in [3.8, 4) is 10.4 Å². The van der Waals surface area contributed by atoms with Crippen LogP contribution in [0.2, 0.25) is 0 Å². The Hall–Kier alpha value is -1.24. The number of benzene rings is 1. The molecule has 2 aromatic rings. The molecule has 1 atom stereocenters. The van der Waals surface area contributed by atoms with Crippen LogP contribution in [0.1, 0.15) is 16.0 Å². The van der Waals surface area contributed by atoms with Crippen molar-refractivity contribution in [2.24, 2.45) is 0 Å². The molecule has 1 aromatic carbocycles. The first-order valence-electron chi connectivity index (χ1n) is 9.00. The van der Waals surface area contributed by atoms with Crippen LogP contribution in [0.25, 0.3) is 10.4 Å². The van der Waals surface area contributed by atoms with E-state index in [0.717, 1.165) is 39.4 Å². The van der Waals surface area contributed by atoms with Crippen molar-refractivity contribution >= 4 is 11.3 Å². The fourth-order valence-corrected chi connectivity index (χ4v) is 4.33. The molecule has 3 rings (SSSR count). The van der Waals surface area contributed by atoms with Gasteiger partial charge in [-0.1, -0.05) is 23.8 Å². The number of nitrogens with one attached hydrogen (secondary N) is 1. The number of nitrogens with zero attached hydrogens (tertiary/aromatic N) is 1. The predicted molar refractivity (Wildman–Crippen MR) is 104 cm³/mol. The van der Waals surface area contributed by atoms with Gasteiger partial charge < -0.3 is 9.84 Å². The third kappa shape index (κ3) is 5.36. The van der Waals surface area contributed by atoms with Crippen molar-refractivity contribution in [1.29, 1.82) is 0 Å². The number of rotatable bonds is 7. The highest BCUT2D eigenvalue weighted by molar-refractivity contribution is 7.15. The van der Waals surface area contributed by atoms with Crippen molar-refractivity contribution in [2.45, 2.75) is 26.5 Å². The minimum absolute atomic E-state index is 0.494. The lowest BCUT2D eigenvalue weighted by Gasteiger charge is -2.27. The van der Waals surface area contributed by atoms with Crippen LogP contribution < -0.4 is 5.32 Å². The zero-order valence-electron chi connectivity index (χ0n) is 15.1. The Balaban J connectivity index is 1.48. The third-order valence-corrected chi connectivity index (χ3v) is 5.76.